The summed E-state index contributed by atoms with van der Waals surface area (Å²) in [5.41, 5.74) is 2.90. The van der Waals surface area contributed by atoms with Gasteiger partial charge in [-0.1, -0.05) is 33.6 Å². The average Bonchev–Trinajstić information content (AvgIpc) is 2.69. The molecule has 1 aromatic heterocycles. The summed E-state index contributed by atoms with van der Waals surface area (Å²) >= 11 is 3.36. The molecule has 0 spiro atoms. The number of carbonyl (C=O) groups excluding carboxylic acids is 1. The third-order valence-electron chi connectivity index (χ3n) is 3.68. The number of halogens is 1. The van der Waals surface area contributed by atoms with Gasteiger partial charge in [0, 0.05) is 10.9 Å². The van der Waals surface area contributed by atoms with Crippen molar-refractivity contribution in [1.82, 2.24) is 9.97 Å². The minimum absolute atomic E-state index is 0.229. The molecule has 0 saturated carbocycles. The molecule has 132 valence electrons. The van der Waals surface area contributed by atoms with Crippen LogP contribution < -0.4 is 4.74 Å². The Kier molecular flexibility index (Phi) is 5.63. The van der Waals surface area contributed by atoms with Crippen LogP contribution in [0, 0.1) is 6.92 Å². The lowest BCUT2D eigenvalue weighted by atomic mass is 10.2. The summed E-state index contributed by atoms with van der Waals surface area (Å²) in [5, 5.41) is 0.515. The molecule has 0 aliphatic rings. The zero-order chi connectivity index (χ0) is 18.5. The minimum Gasteiger partial charge on any atom is -0.464 e. The summed E-state index contributed by atoms with van der Waals surface area (Å²) in [6, 6.07) is 16.9. The molecule has 0 bridgehead atoms. The molecule has 26 heavy (non-hydrogen) atoms. The number of hydrogen-bond acceptors (Lipinski definition) is 5. The van der Waals surface area contributed by atoms with Gasteiger partial charge in [0.05, 0.1) is 12.8 Å². The Bertz CT molecular complexity index is 909. The highest BCUT2D eigenvalue weighted by Crippen LogP contribution is 2.25. The van der Waals surface area contributed by atoms with Gasteiger partial charge >= 0.3 is 5.97 Å². The van der Waals surface area contributed by atoms with Crippen molar-refractivity contribution in [3.05, 3.63) is 71.5 Å². The Morgan fingerprint density at radius 3 is 2.19 bits per heavy atom. The van der Waals surface area contributed by atoms with E-state index in [1.807, 2.05) is 55.5 Å². The predicted molar refractivity (Wildman–Crippen MR) is 103 cm³/mol. The van der Waals surface area contributed by atoms with Crippen molar-refractivity contribution >= 4 is 21.9 Å². The topological polar surface area (TPSA) is 61.3 Å². The fraction of sp³-hybridized carbons (Fsp3) is 0.150. The van der Waals surface area contributed by atoms with Crippen LogP contribution in [0.15, 0.2) is 54.6 Å². The normalized spacial score (nSPS) is 10.4. The van der Waals surface area contributed by atoms with Crippen molar-refractivity contribution in [3.63, 3.8) is 0 Å². The van der Waals surface area contributed by atoms with Crippen LogP contribution in [0.25, 0.3) is 11.4 Å². The highest BCUT2D eigenvalue weighted by Gasteiger charge is 2.13. The van der Waals surface area contributed by atoms with E-state index >= 15 is 0 Å². The fourth-order valence-electron chi connectivity index (χ4n) is 2.32. The van der Waals surface area contributed by atoms with Crippen LogP contribution in [-0.2, 0) is 10.1 Å². The Hall–Kier alpha value is -2.73. The van der Waals surface area contributed by atoms with E-state index in [0.29, 0.717) is 22.6 Å². The molecule has 0 fully saturated rings. The lowest BCUT2D eigenvalue weighted by molar-refractivity contribution is 0.0594. The molecule has 2 aromatic carbocycles. The summed E-state index contributed by atoms with van der Waals surface area (Å²) in [7, 11) is 1.33. The molecule has 1 heterocycles. The lowest BCUT2D eigenvalue weighted by Gasteiger charge is -2.08. The van der Waals surface area contributed by atoms with E-state index in [4.69, 9.17) is 9.47 Å². The smallest absolute Gasteiger partial charge is 0.356 e. The Morgan fingerprint density at radius 2 is 1.62 bits per heavy atom. The van der Waals surface area contributed by atoms with E-state index < -0.39 is 5.97 Å². The number of nitrogens with zero attached hydrogens (tertiary/aromatic N) is 2. The first kappa shape index (κ1) is 18.1. The quantitative estimate of drug-likeness (QED) is 0.439. The summed E-state index contributed by atoms with van der Waals surface area (Å²) in [5.74, 6) is 1.45. The zero-order valence-corrected chi connectivity index (χ0v) is 16.0. The van der Waals surface area contributed by atoms with Gasteiger partial charge in [0.1, 0.15) is 11.5 Å². The number of esters is 1. The molecule has 0 unspecified atom stereocenters. The van der Waals surface area contributed by atoms with Gasteiger partial charge in [-0.3, -0.25) is 0 Å². The molecule has 0 atom stereocenters. The largest absolute Gasteiger partial charge is 0.464 e. The molecule has 0 aliphatic heterocycles. The number of aromatic nitrogens is 2. The molecular weight excluding hydrogens is 396 g/mol. The first-order valence-corrected chi connectivity index (χ1v) is 9.08. The van der Waals surface area contributed by atoms with Gasteiger partial charge in [0.15, 0.2) is 11.5 Å². The zero-order valence-electron chi connectivity index (χ0n) is 14.4. The number of alkyl halides is 1. The SMILES string of the molecule is COC(=O)c1cc(CBr)nc(-c2ccc(Oc3ccc(C)cc3)cc2)n1. The second kappa shape index (κ2) is 8.10. The van der Waals surface area contributed by atoms with Crippen molar-refractivity contribution in [2.45, 2.75) is 12.3 Å². The highest BCUT2D eigenvalue weighted by atomic mass is 79.9. The van der Waals surface area contributed by atoms with Gasteiger partial charge in [-0.15, -0.1) is 0 Å². The van der Waals surface area contributed by atoms with Gasteiger partial charge in [-0.05, 0) is 49.4 Å². The van der Waals surface area contributed by atoms with E-state index in [1.165, 1.54) is 12.7 Å². The molecule has 0 saturated heterocycles. The van der Waals surface area contributed by atoms with E-state index in [1.54, 1.807) is 6.07 Å². The van der Waals surface area contributed by atoms with E-state index in [-0.39, 0.29) is 5.69 Å². The summed E-state index contributed by atoms with van der Waals surface area (Å²) in [6.45, 7) is 2.03. The molecule has 0 radical (unpaired) electrons. The summed E-state index contributed by atoms with van der Waals surface area (Å²) < 4.78 is 10.6. The van der Waals surface area contributed by atoms with Crippen LogP contribution in [-0.4, -0.2) is 23.0 Å². The van der Waals surface area contributed by atoms with Crippen LogP contribution in [0.2, 0.25) is 0 Å². The van der Waals surface area contributed by atoms with Gasteiger partial charge < -0.3 is 9.47 Å². The molecule has 3 aromatic rings. The van der Waals surface area contributed by atoms with E-state index in [0.717, 1.165) is 11.3 Å². The van der Waals surface area contributed by atoms with Gasteiger partial charge in [-0.25, -0.2) is 14.8 Å². The highest BCUT2D eigenvalue weighted by molar-refractivity contribution is 9.08. The maximum absolute atomic E-state index is 11.8. The van der Waals surface area contributed by atoms with Crippen LogP contribution in [0.3, 0.4) is 0 Å². The number of aryl methyl sites for hydroxylation is 1. The van der Waals surface area contributed by atoms with Crippen LogP contribution >= 0.6 is 15.9 Å². The predicted octanol–water partition coefficient (Wildman–Crippen LogP) is 4.93. The van der Waals surface area contributed by atoms with Crippen molar-refractivity contribution in [2.24, 2.45) is 0 Å². The Labute approximate surface area is 160 Å². The van der Waals surface area contributed by atoms with Crippen LogP contribution in [0.4, 0.5) is 0 Å². The summed E-state index contributed by atoms with van der Waals surface area (Å²) in [4.78, 5) is 20.6. The second-order valence-corrected chi connectivity index (χ2v) is 6.19. The van der Waals surface area contributed by atoms with Gasteiger partial charge in [0.2, 0.25) is 0 Å². The molecule has 0 amide bonds. The van der Waals surface area contributed by atoms with E-state index in [2.05, 4.69) is 25.9 Å². The number of benzene rings is 2. The maximum atomic E-state index is 11.8. The Morgan fingerprint density at radius 1 is 1.00 bits per heavy atom. The van der Waals surface area contributed by atoms with Crippen molar-refractivity contribution in [2.75, 3.05) is 7.11 Å². The summed E-state index contributed by atoms with van der Waals surface area (Å²) in [6.07, 6.45) is 0. The molecule has 0 aliphatic carbocycles. The van der Waals surface area contributed by atoms with Gasteiger partial charge in [0.25, 0.3) is 0 Å². The monoisotopic (exact) mass is 412 g/mol. The standard InChI is InChI=1S/C20H17BrN2O3/c1-13-3-7-16(8-4-13)26-17-9-5-14(6-10-17)19-22-15(12-21)11-18(23-19)20(24)25-2/h3-11H,12H2,1-2H3. The number of carbonyl (C=O) groups is 1. The lowest BCUT2D eigenvalue weighted by Crippen LogP contribution is -2.07. The number of rotatable bonds is 5. The Balaban J connectivity index is 1.86. The second-order valence-electron chi connectivity index (χ2n) is 5.63. The van der Waals surface area contributed by atoms with Crippen molar-refractivity contribution in [3.8, 4) is 22.9 Å². The minimum atomic E-state index is -0.491. The third-order valence-corrected chi connectivity index (χ3v) is 4.25. The van der Waals surface area contributed by atoms with Crippen molar-refractivity contribution < 1.29 is 14.3 Å². The molecular formula is C20H17BrN2O3. The fourth-order valence-corrected chi connectivity index (χ4v) is 2.61. The van der Waals surface area contributed by atoms with Crippen LogP contribution in [0.1, 0.15) is 21.7 Å². The van der Waals surface area contributed by atoms with Gasteiger partial charge in [-0.2, -0.15) is 0 Å². The molecule has 3 rings (SSSR count). The number of methoxy groups -OCH3 is 1. The number of hydrogen-bond donors (Lipinski definition) is 0. The average molecular weight is 413 g/mol. The third kappa shape index (κ3) is 4.26. The first-order chi connectivity index (χ1) is 12.6. The number of ether oxygens (including phenoxy) is 2. The maximum Gasteiger partial charge on any atom is 0.356 e. The molecule has 0 N–H and O–H groups in total. The van der Waals surface area contributed by atoms with Crippen molar-refractivity contribution in [1.29, 1.82) is 0 Å². The molecule has 5 nitrogen and oxygen atoms in total. The van der Waals surface area contributed by atoms with Crippen LogP contribution in [0.5, 0.6) is 11.5 Å². The molecule has 6 heteroatoms. The van der Waals surface area contributed by atoms with E-state index in [9.17, 15) is 4.79 Å². The first-order valence-electron chi connectivity index (χ1n) is 7.96.